The van der Waals surface area contributed by atoms with Crippen molar-refractivity contribution in [2.75, 3.05) is 0 Å². The van der Waals surface area contributed by atoms with Crippen molar-refractivity contribution < 1.29 is 15.0 Å². The lowest BCUT2D eigenvalue weighted by atomic mass is 9.97. The molecule has 3 heteroatoms. The summed E-state index contributed by atoms with van der Waals surface area (Å²) >= 11 is 0. The normalized spacial score (nSPS) is 10.4. The first-order valence-electron chi connectivity index (χ1n) is 6.24. The summed E-state index contributed by atoms with van der Waals surface area (Å²) < 4.78 is 0. The van der Waals surface area contributed by atoms with Gasteiger partial charge < -0.3 is 10.2 Å². The van der Waals surface area contributed by atoms with Crippen LogP contribution in [0.3, 0.4) is 0 Å². The molecule has 0 radical (unpaired) electrons. The van der Waals surface area contributed by atoms with Gasteiger partial charge in [0.1, 0.15) is 0 Å². The number of carboxylic acid groups (broad SMARTS) is 2. The third-order valence-corrected chi connectivity index (χ3v) is 2.43. The van der Waals surface area contributed by atoms with Crippen molar-refractivity contribution in [2.24, 2.45) is 0 Å². The van der Waals surface area contributed by atoms with Crippen LogP contribution in [0.2, 0.25) is 0 Å². The lowest BCUT2D eigenvalue weighted by Crippen LogP contribution is -1.89. The highest BCUT2D eigenvalue weighted by atomic mass is 16.6. The Labute approximate surface area is 105 Å². The van der Waals surface area contributed by atoms with E-state index in [0.29, 0.717) is 0 Å². The summed E-state index contributed by atoms with van der Waals surface area (Å²) in [6.45, 7) is 10.7. The summed E-state index contributed by atoms with van der Waals surface area (Å²) in [6, 6.07) is 0. The molecule has 0 heterocycles. The fourth-order valence-corrected chi connectivity index (χ4v) is 1.44. The molecule has 0 spiro atoms. The van der Waals surface area contributed by atoms with E-state index in [1.807, 2.05) is 0 Å². The van der Waals surface area contributed by atoms with Crippen LogP contribution in [0, 0.1) is 0 Å². The summed E-state index contributed by atoms with van der Waals surface area (Å²) in [7, 11) is 0. The first-order chi connectivity index (χ1) is 7.99. The topological polar surface area (TPSA) is 57.5 Å². The van der Waals surface area contributed by atoms with Crippen LogP contribution in [-0.2, 0) is 0 Å². The molecule has 0 saturated carbocycles. The molecule has 0 aliphatic heterocycles. The SMILES string of the molecule is C=C(CCCC)C(=CC)CCCC.O=C(O)O. The quantitative estimate of drug-likeness (QED) is 0.611. The van der Waals surface area contributed by atoms with Gasteiger partial charge >= 0.3 is 6.16 Å². The van der Waals surface area contributed by atoms with Crippen molar-refractivity contribution in [1.29, 1.82) is 0 Å². The third kappa shape index (κ3) is 14.8. The van der Waals surface area contributed by atoms with E-state index >= 15 is 0 Å². The van der Waals surface area contributed by atoms with Gasteiger partial charge in [-0.25, -0.2) is 4.79 Å². The Balaban J connectivity index is 0. The van der Waals surface area contributed by atoms with E-state index in [0.717, 1.165) is 0 Å². The molecular formula is C14H26O3. The standard InChI is InChI=1S/C13H24.CH2O3/c1-5-8-10-12(4)13(7-3)11-9-6-2;2-1(3)4/h7H,4-6,8-11H2,1-3H3;(H2,2,3,4). The average Bonchev–Trinajstić information content (AvgIpc) is 2.26. The van der Waals surface area contributed by atoms with Gasteiger partial charge in [0.05, 0.1) is 0 Å². The Morgan fingerprint density at radius 1 is 1.12 bits per heavy atom. The van der Waals surface area contributed by atoms with Crippen LogP contribution in [-0.4, -0.2) is 16.4 Å². The third-order valence-electron chi connectivity index (χ3n) is 2.43. The molecule has 0 aromatic carbocycles. The van der Waals surface area contributed by atoms with Gasteiger partial charge in [0.2, 0.25) is 0 Å². The minimum atomic E-state index is -1.83. The molecule has 0 aromatic rings. The number of hydrogen-bond donors (Lipinski definition) is 2. The van der Waals surface area contributed by atoms with E-state index in [2.05, 4.69) is 33.4 Å². The van der Waals surface area contributed by atoms with E-state index in [9.17, 15) is 0 Å². The summed E-state index contributed by atoms with van der Waals surface area (Å²) in [6.07, 6.45) is 7.92. The monoisotopic (exact) mass is 242 g/mol. The van der Waals surface area contributed by atoms with Crippen LogP contribution in [0.1, 0.15) is 59.3 Å². The highest BCUT2D eigenvalue weighted by molar-refractivity contribution is 5.53. The summed E-state index contributed by atoms with van der Waals surface area (Å²) in [5.74, 6) is 0. The number of rotatable bonds is 7. The predicted molar refractivity (Wildman–Crippen MR) is 72.6 cm³/mol. The number of carbonyl (C=O) groups is 1. The summed E-state index contributed by atoms with van der Waals surface area (Å²) in [5.41, 5.74) is 2.84. The Morgan fingerprint density at radius 3 is 1.88 bits per heavy atom. The largest absolute Gasteiger partial charge is 0.503 e. The molecule has 0 rings (SSSR count). The van der Waals surface area contributed by atoms with E-state index < -0.39 is 6.16 Å². The van der Waals surface area contributed by atoms with E-state index in [1.54, 1.807) is 0 Å². The highest BCUT2D eigenvalue weighted by Crippen LogP contribution is 2.20. The molecule has 0 saturated heterocycles. The predicted octanol–water partition coefficient (Wildman–Crippen LogP) is 5.09. The molecule has 17 heavy (non-hydrogen) atoms. The Bertz CT molecular complexity index is 238. The van der Waals surface area contributed by atoms with Crippen LogP contribution < -0.4 is 0 Å². The van der Waals surface area contributed by atoms with Gasteiger partial charge in [-0.3, -0.25) is 0 Å². The molecule has 100 valence electrons. The molecule has 0 fully saturated rings. The van der Waals surface area contributed by atoms with Crippen molar-refractivity contribution in [2.45, 2.75) is 59.3 Å². The number of allylic oxidation sites excluding steroid dienone is 3. The smallest absolute Gasteiger partial charge is 0.450 e. The van der Waals surface area contributed by atoms with Gasteiger partial charge in [0, 0.05) is 0 Å². The Kier molecular flexibility index (Phi) is 13.7. The van der Waals surface area contributed by atoms with E-state index in [4.69, 9.17) is 15.0 Å². The van der Waals surface area contributed by atoms with Crippen molar-refractivity contribution in [3.63, 3.8) is 0 Å². The summed E-state index contributed by atoms with van der Waals surface area (Å²) in [5, 5.41) is 13.9. The van der Waals surface area contributed by atoms with Gasteiger partial charge in [0.25, 0.3) is 0 Å². The molecular weight excluding hydrogens is 216 g/mol. The Morgan fingerprint density at radius 2 is 1.53 bits per heavy atom. The highest BCUT2D eigenvalue weighted by Gasteiger charge is 2.00. The molecule has 0 aliphatic carbocycles. The second kappa shape index (κ2) is 12.8. The van der Waals surface area contributed by atoms with Crippen molar-refractivity contribution >= 4 is 6.16 Å². The molecule has 0 aliphatic rings. The number of hydrogen-bond acceptors (Lipinski definition) is 1. The fourth-order valence-electron chi connectivity index (χ4n) is 1.44. The molecule has 0 unspecified atom stereocenters. The van der Waals surface area contributed by atoms with Gasteiger partial charge in [-0.2, -0.15) is 0 Å². The van der Waals surface area contributed by atoms with Crippen LogP contribution in [0.15, 0.2) is 23.8 Å². The van der Waals surface area contributed by atoms with E-state index in [-0.39, 0.29) is 0 Å². The zero-order chi connectivity index (χ0) is 13.7. The van der Waals surface area contributed by atoms with Crippen molar-refractivity contribution in [3.8, 4) is 0 Å². The van der Waals surface area contributed by atoms with Crippen LogP contribution in [0.5, 0.6) is 0 Å². The molecule has 0 atom stereocenters. The Hall–Kier alpha value is -1.25. The van der Waals surface area contributed by atoms with Gasteiger partial charge in [-0.1, -0.05) is 44.9 Å². The van der Waals surface area contributed by atoms with Crippen LogP contribution >= 0.6 is 0 Å². The summed E-state index contributed by atoms with van der Waals surface area (Å²) in [4.78, 5) is 8.56. The lowest BCUT2D eigenvalue weighted by molar-refractivity contribution is 0.137. The molecule has 0 amide bonds. The molecule has 0 bridgehead atoms. The van der Waals surface area contributed by atoms with Crippen molar-refractivity contribution in [3.05, 3.63) is 23.8 Å². The fraction of sp³-hybridized carbons (Fsp3) is 0.643. The zero-order valence-electron chi connectivity index (χ0n) is 11.3. The first-order valence-corrected chi connectivity index (χ1v) is 6.24. The van der Waals surface area contributed by atoms with Gasteiger partial charge in [-0.15, -0.1) is 0 Å². The maximum atomic E-state index is 8.56. The second-order valence-electron chi connectivity index (χ2n) is 3.91. The molecule has 0 aromatic heterocycles. The molecule has 2 N–H and O–H groups in total. The van der Waals surface area contributed by atoms with Crippen molar-refractivity contribution in [1.82, 2.24) is 0 Å². The minimum Gasteiger partial charge on any atom is -0.450 e. The average molecular weight is 242 g/mol. The molecule has 3 nitrogen and oxygen atoms in total. The lowest BCUT2D eigenvalue weighted by Gasteiger charge is -2.09. The first kappa shape index (κ1) is 18.1. The number of unbranched alkanes of at least 4 members (excludes halogenated alkanes) is 2. The second-order valence-corrected chi connectivity index (χ2v) is 3.91. The van der Waals surface area contributed by atoms with Crippen LogP contribution in [0.4, 0.5) is 4.79 Å². The minimum absolute atomic E-state index is 1.18. The van der Waals surface area contributed by atoms with E-state index in [1.165, 1.54) is 49.7 Å². The van der Waals surface area contributed by atoms with Gasteiger partial charge in [-0.05, 0) is 38.2 Å². The zero-order valence-corrected chi connectivity index (χ0v) is 11.3. The van der Waals surface area contributed by atoms with Crippen LogP contribution in [0.25, 0.3) is 0 Å². The maximum absolute atomic E-state index is 8.56. The maximum Gasteiger partial charge on any atom is 0.503 e. The van der Waals surface area contributed by atoms with Gasteiger partial charge in [0.15, 0.2) is 0 Å².